The van der Waals surface area contributed by atoms with Gasteiger partial charge < -0.3 is 10.2 Å². The van der Waals surface area contributed by atoms with Gasteiger partial charge in [0.05, 0.1) is 11.3 Å². The minimum Gasteiger partial charge on any atom is -0.354 e. The van der Waals surface area contributed by atoms with Crippen molar-refractivity contribution in [1.82, 2.24) is 10.2 Å². The molecule has 0 spiro atoms. The van der Waals surface area contributed by atoms with E-state index in [1.54, 1.807) is 49.4 Å². The Bertz CT molecular complexity index is 888. The number of rotatable bonds is 9. The summed E-state index contributed by atoms with van der Waals surface area (Å²) in [6.07, 6.45) is 0.583. The van der Waals surface area contributed by atoms with Gasteiger partial charge in [-0.2, -0.15) is 0 Å². The molecule has 8 heteroatoms. The molecule has 0 aliphatic carbocycles. The highest BCUT2D eigenvalue weighted by atomic mass is 35.5. The van der Waals surface area contributed by atoms with E-state index >= 15 is 0 Å². The van der Waals surface area contributed by atoms with Crippen LogP contribution in [0.1, 0.15) is 31.4 Å². The molecule has 2 rings (SSSR count). The van der Waals surface area contributed by atoms with Gasteiger partial charge in [0.2, 0.25) is 11.8 Å². The van der Waals surface area contributed by atoms with Crippen molar-refractivity contribution in [2.24, 2.45) is 0 Å². The quantitative estimate of drug-likeness (QED) is 0.497. The van der Waals surface area contributed by atoms with E-state index in [4.69, 9.17) is 11.6 Å². The predicted molar refractivity (Wildman–Crippen MR) is 112 cm³/mol. The molecule has 154 valence electrons. The van der Waals surface area contributed by atoms with Crippen LogP contribution in [0.25, 0.3) is 0 Å². The average Bonchev–Trinajstić information content (AvgIpc) is 2.71. The number of nitro benzene ring substituents is 1. The fraction of sp³-hybridized carbons (Fsp3) is 0.333. The fourth-order valence-electron chi connectivity index (χ4n) is 2.89. The number of hydrogen-bond donors (Lipinski definition) is 1. The Morgan fingerprint density at radius 1 is 1.14 bits per heavy atom. The lowest BCUT2D eigenvalue weighted by molar-refractivity contribution is -0.385. The first-order chi connectivity index (χ1) is 13.8. The molecule has 2 aromatic rings. The smallest absolute Gasteiger partial charge is 0.273 e. The lowest BCUT2D eigenvalue weighted by Crippen LogP contribution is -2.48. The van der Waals surface area contributed by atoms with Gasteiger partial charge in [0.15, 0.2) is 0 Å². The molecule has 0 heterocycles. The van der Waals surface area contributed by atoms with E-state index in [0.29, 0.717) is 22.7 Å². The third-order valence-corrected chi connectivity index (χ3v) is 4.91. The molecule has 0 aliphatic heterocycles. The number of carbonyl (C=O) groups excluding carboxylic acids is 2. The van der Waals surface area contributed by atoms with Gasteiger partial charge >= 0.3 is 0 Å². The molecule has 2 amide bonds. The van der Waals surface area contributed by atoms with E-state index in [-0.39, 0.29) is 24.6 Å². The van der Waals surface area contributed by atoms with Gasteiger partial charge in [-0.05, 0) is 25.0 Å². The summed E-state index contributed by atoms with van der Waals surface area (Å²) in [7, 11) is 0. The van der Waals surface area contributed by atoms with E-state index in [9.17, 15) is 19.7 Å². The molecule has 29 heavy (non-hydrogen) atoms. The molecule has 0 bridgehead atoms. The second kappa shape index (κ2) is 10.6. The molecule has 0 fully saturated rings. The predicted octanol–water partition coefficient (Wildman–Crippen LogP) is 3.73. The summed E-state index contributed by atoms with van der Waals surface area (Å²) >= 11 is 6.24. The maximum Gasteiger partial charge on any atom is 0.273 e. The zero-order chi connectivity index (χ0) is 21.4. The normalized spacial score (nSPS) is 11.6. The average molecular weight is 418 g/mol. The van der Waals surface area contributed by atoms with Crippen LogP contribution < -0.4 is 5.32 Å². The van der Waals surface area contributed by atoms with Crippen molar-refractivity contribution in [3.05, 3.63) is 74.8 Å². The summed E-state index contributed by atoms with van der Waals surface area (Å²) in [5, 5.41) is 14.5. The van der Waals surface area contributed by atoms with Gasteiger partial charge in [-0.15, -0.1) is 0 Å². The Balaban J connectivity index is 2.31. The molecule has 7 nitrogen and oxygen atoms in total. The standard InChI is InChI=1S/C21H24ClN3O4/c1-3-12-23-21(27)15(2)24(14-17-9-4-6-10-18(17)22)20(26)13-16-8-5-7-11-19(16)25(28)29/h4-11,15H,3,12-14H2,1-2H3,(H,23,27)/t15-/m1/s1. The van der Waals surface area contributed by atoms with Crippen LogP contribution in [0, 0.1) is 10.1 Å². The van der Waals surface area contributed by atoms with Crippen LogP contribution in [0.2, 0.25) is 5.02 Å². The van der Waals surface area contributed by atoms with Crippen LogP contribution in [0.5, 0.6) is 0 Å². The van der Waals surface area contributed by atoms with Gasteiger partial charge in [-0.25, -0.2) is 0 Å². The molecule has 0 saturated heterocycles. The Kier molecular flexibility index (Phi) is 8.15. The van der Waals surface area contributed by atoms with Gasteiger partial charge in [0.25, 0.3) is 5.69 Å². The summed E-state index contributed by atoms with van der Waals surface area (Å²) in [4.78, 5) is 37.8. The van der Waals surface area contributed by atoms with Crippen molar-refractivity contribution < 1.29 is 14.5 Å². The number of nitrogens with zero attached hydrogens (tertiary/aromatic N) is 2. The maximum absolute atomic E-state index is 13.1. The molecule has 0 saturated carbocycles. The van der Waals surface area contributed by atoms with E-state index in [1.165, 1.54) is 11.0 Å². The SMILES string of the molecule is CCCNC(=O)[C@@H](C)N(Cc1ccccc1Cl)C(=O)Cc1ccccc1[N+](=O)[O-]. The van der Waals surface area contributed by atoms with Crippen LogP contribution in [0.3, 0.4) is 0 Å². The van der Waals surface area contributed by atoms with Crippen molar-refractivity contribution in [2.75, 3.05) is 6.54 Å². The molecular formula is C21H24ClN3O4. The second-order valence-electron chi connectivity index (χ2n) is 6.64. The number of carbonyl (C=O) groups is 2. The summed E-state index contributed by atoms with van der Waals surface area (Å²) in [5.41, 5.74) is 0.870. The van der Waals surface area contributed by atoms with Gasteiger partial charge in [-0.1, -0.05) is 54.9 Å². The Morgan fingerprint density at radius 3 is 2.38 bits per heavy atom. The number of nitrogens with one attached hydrogen (secondary N) is 1. The van der Waals surface area contributed by atoms with Crippen molar-refractivity contribution in [3.63, 3.8) is 0 Å². The number of nitro groups is 1. The number of halogens is 1. The highest BCUT2D eigenvalue weighted by molar-refractivity contribution is 6.31. The summed E-state index contributed by atoms with van der Waals surface area (Å²) in [5.74, 6) is -0.673. The fourth-order valence-corrected chi connectivity index (χ4v) is 3.09. The lowest BCUT2D eigenvalue weighted by atomic mass is 10.1. The summed E-state index contributed by atoms with van der Waals surface area (Å²) in [6.45, 7) is 4.20. The van der Waals surface area contributed by atoms with Gasteiger partial charge in [0.1, 0.15) is 6.04 Å². The molecule has 1 N–H and O–H groups in total. The molecule has 0 unspecified atom stereocenters. The third kappa shape index (κ3) is 6.02. The highest BCUT2D eigenvalue weighted by Crippen LogP contribution is 2.22. The summed E-state index contributed by atoms with van der Waals surface area (Å²) < 4.78 is 0. The third-order valence-electron chi connectivity index (χ3n) is 4.55. The molecule has 1 atom stereocenters. The molecular weight excluding hydrogens is 394 g/mol. The van der Waals surface area contributed by atoms with E-state index in [2.05, 4.69) is 5.32 Å². The summed E-state index contributed by atoms with van der Waals surface area (Å²) in [6, 6.07) is 12.4. The first-order valence-corrected chi connectivity index (χ1v) is 9.75. The number of hydrogen-bond acceptors (Lipinski definition) is 4. The Labute approximate surface area is 174 Å². The van der Waals surface area contributed by atoms with Crippen LogP contribution >= 0.6 is 11.6 Å². The van der Waals surface area contributed by atoms with Gasteiger partial charge in [-0.3, -0.25) is 19.7 Å². The lowest BCUT2D eigenvalue weighted by Gasteiger charge is -2.29. The zero-order valence-electron chi connectivity index (χ0n) is 16.4. The van der Waals surface area contributed by atoms with Gasteiger partial charge in [0, 0.05) is 29.7 Å². The molecule has 2 aromatic carbocycles. The second-order valence-corrected chi connectivity index (χ2v) is 7.05. The maximum atomic E-state index is 13.1. The molecule has 0 aliphatic rings. The minimum atomic E-state index is -0.756. The Morgan fingerprint density at radius 2 is 1.76 bits per heavy atom. The van der Waals surface area contributed by atoms with Crippen molar-refractivity contribution in [1.29, 1.82) is 0 Å². The van der Waals surface area contributed by atoms with E-state index < -0.39 is 16.9 Å². The first kappa shape index (κ1) is 22.4. The topological polar surface area (TPSA) is 92.6 Å². The number of amides is 2. The van der Waals surface area contributed by atoms with Crippen LogP contribution in [0.15, 0.2) is 48.5 Å². The van der Waals surface area contributed by atoms with Crippen LogP contribution in [-0.2, 0) is 22.6 Å². The highest BCUT2D eigenvalue weighted by Gasteiger charge is 2.28. The van der Waals surface area contributed by atoms with Crippen LogP contribution in [0.4, 0.5) is 5.69 Å². The van der Waals surface area contributed by atoms with Crippen molar-refractivity contribution in [3.8, 4) is 0 Å². The number of para-hydroxylation sites is 1. The molecule has 0 aromatic heterocycles. The Hall–Kier alpha value is -2.93. The van der Waals surface area contributed by atoms with E-state index in [0.717, 1.165) is 6.42 Å². The van der Waals surface area contributed by atoms with Crippen molar-refractivity contribution in [2.45, 2.75) is 39.3 Å². The monoisotopic (exact) mass is 417 g/mol. The van der Waals surface area contributed by atoms with Crippen molar-refractivity contribution >= 4 is 29.1 Å². The van der Waals surface area contributed by atoms with E-state index in [1.807, 2.05) is 6.92 Å². The molecule has 0 radical (unpaired) electrons. The largest absolute Gasteiger partial charge is 0.354 e. The van der Waals surface area contributed by atoms with Crippen LogP contribution in [-0.4, -0.2) is 34.2 Å². The number of benzene rings is 2. The zero-order valence-corrected chi connectivity index (χ0v) is 17.2. The first-order valence-electron chi connectivity index (χ1n) is 9.38. The minimum absolute atomic E-state index is 0.123.